The van der Waals surface area contributed by atoms with E-state index in [1.54, 1.807) is 23.6 Å². The van der Waals surface area contributed by atoms with Gasteiger partial charge >= 0.3 is 0 Å². The molecule has 4 heterocycles. The fourth-order valence-corrected chi connectivity index (χ4v) is 5.83. The van der Waals surface area contributed by atoms with Gasteiger partial charge in [0.15, 0.2) is 11.6 Å². The van der Waals surface area contributed by atoms with E-state index in [0.717, 1.165) is 29.6 Å². The number of nitrogens with one attached hydrogen (secondary N) is 2. The van der Waals surface area contributed by atoms with E-state index in [2.05, 4.69) is 33.6 Å². The third-order valence-corrected chi connectivity index (χ3v) is 7.31. The number of thiophene rings is 1. The van der Waals surface area contributed by atoms with Gasteiger partial charge in [0.2, 0.25) is 0 Å². The molecule has 4 nitrogen and oxygen atoms in total. The van der Waals surface area contributed by atoms with E-state index >= 15 is 0 Å². The Bertz CT molecular complexity index is 1170. The topological polar surface area (TPSA) is 49.8 Å². The summed E-state index contributed by atoms with van der Waals surface area (Å²) in [5, 5.41) is 7.37. The number of fused-ring (bicyclic) bond motifs is 2. The number of halogens is 2. The average molecular weight is 417 g/mol. The van der Waals surface area contributed by atoms with Crippen LogP contribution in [0.15, 0.2) is 29.9 Å². The van der Waals surface area contributed by atoms with Crippen molar-refractivity contribution in [3.05, 3.63) is 46.4 Å². The standard InChI is InChI=1S/C20H18F2N4S2/c1-10-11(3-2-5-23-10)15-7-12-14(4-6-24-20(12)28-15)26-18-13(21)8-16-19(17(18)22)25-9-27-16/h4,6-11,23H,2-3,5H2,1H3,(H,24,26). The summed E-state index contributed by atoms with van der Waals surface area (Å²) >= 11 is 2.87. The quantitative estimate of drug-likeness (QED) is 0.444. The Morgan fingerprint density at radius 3 is 3.00 bits per heavy atom. The molecule has 0 aliphatic carbocycles. The fraction of sp³-hybridized carbons (Fsp3) is 0.300. The lowest BCUT2D eigenvalue weighted by molar-refractivity contribution is 0.375. The minimum Gasteiger partial charge on any atom is -0.350 e. The lowest BCUT2D eigenvalue weighted by Crippen LogP contribution is -2.37. The Hall–Kier alpha value is -2.16. The SMILES string of the molecule is CC1NCCCC1c1cc2c(Nc3c(F)cc4scnc4c3F)ccnc2s1. The lowest BCUT2D eigenvalue weighted by Gasteiger charge is -2.29. The van der Waals surface area contributed by atoms with Crippen molar-refractivity contribution >= 4 is 54.5 Å². The molecule has 0 bridgehead atoms. The summed E-state index contributed by atoms with van der Waals surface area (Å²) in [6, 6.07) is 5.59. The first kappa shape index (κ1) is 17.9. The van der Waals surface area contributed by atoms with Crippen LogP contribution < -0.4 is 10.6 Å². The molecule has 0 saturated carbocycles. The smallest absolute Gasteiger partial charge is 0.176 e. The summed E-state index contributed by atoms with van der Waals surface area (Å²) < 4.78 is 29.9. The van der Waals surface area contributed by atoms with E-state index in [9.17, 15) is 8.78 Å². The number of aromatic nitrogens is 2. The minimum absolute atomic E-state index is 0.175. The number of pyridine rings is 1. The molecule has 3 aromatic heterocycles. The summed E-state index contributed by atoms with van der Waals surface area (Å²) in [6.07, 6.45) is 3.95. The molecule has 0 amide bonds. The second-order valence-corrected chi connectivity index (χ2v) is 9.04. The van der Waals surface area contributed by atoms with E-state index in [-0.39, 0.29) is 11.2 Å². The van der Waals surface area contributed by atoms with E-state index < -0.39 is 11.6 Å². The first-order valence-electron chi connectivity index (χ1n) is 9.22. The molecule has 1 saturated heterocycles. The van der Waals surface area contributed by atoms with Crippen LogP contribution in [0.5, 0.6) is 0 Å². The van der Waals surface area contributed by atoms with Crippen LogP contribution in [0.4, 0.5) is 20.2 Å². The highest BCUT2D eigenvalue weighted by Gasteiger charge is 2.25. The first-order valence-corrected chi connectivity index (χ1v) is 10.9. The molecular weight excluding hydrogens is 398 g/mol. The van der Waals surface area contributed by atoms with Crippen molar-refractivity contribution in [3.63, 3.8) is 0 Å². The van der Waals surface area contributed by atoms with Crippen LogP contribution in [-0.2, 0) is 0 Å². The number of rotatable bonds is 3. The normalized spacial score (nSPS) is 20.1. The summed E-state index contributed by atoms with van der Waals surface area (Å²) in [6.45, 7) is 3.25. The predicted octanol–water partition coefficient (Wildman–Crippen LogP) is 5.78. The van der Waals surface area contributed by atoms with Crippen LogP contribution in [0.2, 0.25) is 0 Å². The monoisotopic (exact) mass is 416 g/mol. The Balaban J connectivity index is 1.56. The highest BCUT2D eigenvalue weighted by molar-refractivity contribution is 7.18. The zero-order valence-electron chi connectivity index (χ0n) is 15.1. The van der Waals surface area contributed by atoms with Crippen LogP contribution in [0, 0.1) is 11.6 Å². The van der Waals surface area contributed by atoms with Crippen molar-refractivity contribution in [1.29, 1.82) is 0 Å². The van der Waals surface area contributed by atoms with E-state index in [4.69, 9.17) is 0 Å². The molecule has 1 aliphatic rings. The highest BCUT2D eigenvalue weighted by Crippen LogP contribution is 2.39. The molecule has 1 fully saturated rings. The van der Waals surface area contributed by atoms with Gasteiger partial charge in [0.25, 0.3) is 0 Å². The van der Waals surface area contributed by atoms with Crippen LogP contribution in [-0.4, -0.2) is 22.6 Å². The molecule has 2 unspecified atom stereocenters. The Kier molecular flexibility index (Phi) is 4.49. The first-order chi connectivity index (χ1) is 13.6. The molecular formula is C20H18F2N4S2. The van der Waals surface area contributed by atoms with Gasteiger partial charge in [-0.2, -0.15) is 0 Å². The van der Waals surface area contributed by atoms with Gasteiger partial charge in [-0.25, -0.2) is 18.7 Å². The zero-order chi connectivity index (χ0) is 19.3. The third kappa shape index (κ3) is 2.96. The molecule has 1 aromatic carbocycles. The summed E-state index contributed by atoms with van der Waals surface area (Å²) in [5.74, 6) is -0.859. The van der Waals surface area contributed by atoms with Gasteiger partial charge in [0.1, 0.15) is 16.0 Å². The minimum atomic E-state index is -0.665. The van der Waals surface area contributed by atoms with E-state index in [1.807, 2.05) is 0 Å². The van der Waals surface area contributed by atoms with Crippen molar-refractivity contribution in [1.82, 2.24) is 15.3 Å². The number of nitrogens with zero attached hydrogens (tertiary/aromatic N) is 2. The third-order valence-electron chi connectivity index (χ3n) is 5.36. The second kappa shape index (κ2) is 7.02. The molecule has 144 valence electrons. The molecule has 1 aliphatic heterocycles. The number of thiazole rings is 1. The zero-order valence-corrected chi connectivity index (χ0v) is 16.8. The molecule has 28 heavy (non-hydrogen) atoms. The molecule has 0 spiro atoms. The Morgan fingerprint density at radius 2 is 2.14 bits per heavy atom. The van der Waals surface area contributed by atoms with Crippen LogP contribution in [0.1, 0.15) is 30.6 Å². The number of benzene rings is 1. The van der Waals surface area contributed by atoms with Crippen molar-refractivity contribution in [3.8, 4) is 0 Å². The largest absolute Gasteiger partial charge is 0.350 e. The molecule has 8 heteroatoms. The number of anilines is 2. The van der Waals surface area contributed by atoms with Crippen LogP contribution in [0.25, 0.3) is 20.4 Å². The maximum Gasteiger partial charge on any atom is 0.176 e. The fourth-order valence-electron chi connectivity index (χ4n) is 3.86. The van der Waals surface area contributed by atoms with Gasteiger partial charge < -0.3 is 10.6 Å². The van der Waals surface area contributed by atoms with Crippen LogP contribution >= 0.6 is 22.7 Å². The lowest BCUT2D eigenvalue weighted by atomic mass is 9.90. The molecule has 5 rings (SSSR count). The maximum absolute atomic E-state index is 14.8. The van der Waals surface area contributed by atoms with Gasteiger partial charge in [-0.3, -0.25) is 0 Å². The van der Waals surface area contributed by atoms with E-state index in [1.165, 1.54) is 27.8 Å². The number of hydrogen-bond donors (Lipinski definition) is 2. The second-order valence-electron chi connectivity index (χ2n) is 7.09. The van der Waals surface area contributed by atoms with Crippen LogP contribution in [0.3, 0.4) is 0 Å². The number of hydrogen-bond acceptors (Lipinski definition) is 6. The van der Waals surface area contributed by atoms with E-state index in [0.29, 0.717) is 22.3 Å². The van der Waals surface area contributed by atoms with Crippen molar-refractivity contribution in [2.24, 2.45) is 0 Å². The average Bonchev–Trinajstić information content (AvgIpc) is 3.32. The van der Waals surface area contributed by atoms with Gasteiger partial charge in [0.05, 0.1) is 15.9 Å². The van der Waals surface area contributed by atoms with Gasteiger partial charge in [0, 0.05) is 28.4 Å². The summed E-state index contributed by atoms with van der Waals surface area (Å²) in [5.41, 5.74) is 2.18. The Labute approximate surface area is 168 Å². The predicted molar refractivity (Wildman–Crippen MR) is 112 cm³/mol. The molecule has 0 radical (unpaired) electrons. The Morgan fingerprint density at radius 1 is 1.25 bits per heavy atom. The molecule has 2 N–H and O–H groups in total. The van der Waals surface area contributed by atoms with Crippen molar-refractivity contribution < 1.29 is 8.78 Å². The van der Waals surface area contributed by atoms with Gasteiger partial charge in [-0.1, -0.05) is 0 Å². The highest BCUT2D eigenvalue weighted by atomic mass is 32.1. The molecule has 2 atom stereocenters. The summed E-state index contributed by atoms with van der Waals surface area (Å²) in [4.78, 5) is 10.6. The summed E-state index contributed by atoms with van der Waals surface area (Å²) in [7, 11) is 0. The molecule has 4 aromatic rings. The maximum atomic E-state index is 14.8. The van der Waals surface area contributed by atoms with Gasteiger partial charge in [-0.15, -0.1) is 22.7 Å². The van der Waals surface area contributed by atoms with Gasteiger partial charge in [-0.05, 0) is 44.5 Å². The van der Waals surface area contributed by atoms with Crippen molar-refractivity contribution in [2.75, 3.05) is 11.9 Å². The van der Waals surface area contributed by atoms with Crippen molar-refractivity contribution in [2.45, 2.75) is 31.7 Å². The number of piperidine rings is 1.